The Labute approximate surface area is 109 Å². The highest BCUT2D eigenvalue weighted by atomic mass is 16.5. The quantitative estimate of drug-likeness (QED) is 0.752. The van der Waals surface area contributed by atoms with Crippen LogP contribution in [0.2, 0.25) is 0 Å². The molecule has 0 amide bonds. The zero-order chi connectivity index (χ0) is 13.5. The molecule has 18 heavy (non-hydrogen) atoms. The average molecular weight is 247 g/mol. The van der Waals surface area contributed by atoms with Gasteiger partial charge >= 0.3 is 0 Å². The van der Waals surface area contributed by atoms with Crippen molar-refractivity contribution >= 4 is 5.69 Å². The van der Waals surface area contributed by atoms with E-state index in [2.05, 4.69) is 18.1 Å². The highest BCUT2D eigenvalue weighted by Gasteiger charge is 2.17. The van der Waals surface area contributed by atoms with Crippen molar-refractivity contribution in [2.45, 2.75) is 13.0 Å². The Kier molecular flexibility index (Phi) is 5.46. The summed E-state index contributed by atoms with van der Waals surface area (Å²) in [4.78, 5) is 2.09. The van der Waals surface area contributed by atoms with Crippen LogP contribution in [0.5, 0.6) is 5.75 Å². The summed E-state index contributed by atoms with van der Waals surface area (Å²) in [7, 11) is 1.61. The number of hydrogen-bond acceptors (Lipinski definition) is 3. The predicted octanol–water partition coefficient (Wildman–Crippen LogP) is 2.93. The zero-order valence-corrected chi connectivity index (χ0v) is 11.1. The van der Waals surface area contributed by atoms with E-state index in [4.69, 9.17) is 4.74 Å². The second kappa shape index (κ2) is 6.87. The first kappa shape index (κ1) is 14.3. The van der Waals surface area contributed by atoms with Crippen LogP contribution in [0.3, 0.4) is 0 Å². The number of nitrogens with zero attached hydrogens (tertiary/aromatic N) is 1. The lowest BCUT2D eigenvalue weighted by atomic mass is 10.1. The van der Waals surface area contributed by atoms with Gasteiger partial charge in [-0.25, -0.2) is 0 Å². The van der Waals surface area contributed by atoms with E-state index in [0.29, 0.717) is 18.8 Å². The predicted molar refractivity (Wildman–Crippen MR) is 76.2 cm³/mol. The number of benzene rings is 1. The number of anilines is 1. The molecule has 0 spiro atoms. The van der Waals surface area contributed by atoms with Gasteiger partial charge in [0, 0.05) is 24.3 Å². The fraction of sp³-hybridized carbons (Fsp3) is 0.333. The highest BCUT2D eigenvalue weighted by Crippen LogP contribution is 2.34. The van der Waals surface area contributed by atoms with Crippen LogP contribution in [0, 0.1) is 0 Å². The molecule has 0 saturated carbocycles. The SMILES string of the molecule is C=CCN(CC=C)c1cccc(OC)c1C(C)O. The van der Waals surface area contributed by atoms with Crippen LogP contribution < -0.4 is 9.64 Å². The Morgan fingerprint density at radius 1 is 1.33 bits per heavy atom. The second-order valence-corrected chi connectivity index (χ2v) is 4.05. The number of ether oxygens (including phenoxy) is 1. The van der Waals surface area contributed by atoms with Crippen molar-refractivity contribution in [3.8, 4) is 5.75 Å². The van der Waals surface area contributed by atoms with Gasteiger partial charge in [0.2, 0.25) is 0 Å². The van der Waals surface area contributed by atoms with Crippen molar-refractivity contribution in [1.82, 2.24) is 0 Å². The summed E-state index contributed by atoms with van der Waals surface area (Å²) in [5, 5.41) is 9.94. The summed E-state index contributed by atoms with van der Waals surface area (Å²) in [6, 6.07) is 5.74. The molecule has 98 valence electrons. The number of aliphatic hydroxyl groups excluding tert-OH is 1. The average Bonchev–Trinajstić information content (AvgIpc) is 2.37. The molecular formula is C15H21NO2. The minimum absolute atomic E-state index is 0.590. The standard InChI is InChI=1S/C15H21NO2/c1-5-10-16(11-6-2)13-8-7-9-14(18-4)15(13)12(3)17/h5-9,12,17H,1-2,10-11H2,3-4H3. The minimum atomic E-state index is -0.590. The lowest BCUT2D eigenvalue weighted by molar-refractivity contribution is 0.194. The maximum atomic E-state index is 9.94. The normalized spacial score (nSPS) is 11.7. The smallest absolute Gasteiger partial charge is 0.126 e. The Morgan fingerprint density at radius 3 is 2.39 bits per heavy atom. The van der Waals surface area contributed by atoms with Gasteiger partial charge in [0.15, 0.2) is 0 Å². The molecular weight excluding hydrogens is 226 g/mol. The van der Waals surface area contributed by atoms with Gasteiger partial charge in [0.25, 0.3) is 0 Å². The molecule has 1 unspecified atom stereocenters. The molecule has 1 aromatic carbocycles. The molecule has 0 heterocycles. The highest BCUT2D eigenvalue weighted by molar-refractivity contribution is 5.61. The van der Waals surface area contributed by atoms with Crippen molar-refractivity contribution in [1.29, 1.82) is 0 Å². The zero-order valence-electron chi connectivity index (χ0n) is 11.1. The third-order valence-electron chi connectivity index (χ3n) is 2.72. The fourth-order valence-electron chi connectivity index (χ4n) is 1.99. The fourth-order valence-corrected chi connectivity index (χ4v) is 1.99. The van der Waals surface area contributed by atoms with Gasteiger partial charge in [-0.05, 0) is 19.1 Å². The van der Waals surface area contributed by atoms with Gasteiger partial charge in [0.1, 0.15) is 5.75 Å². The summed E-state index contributed by atoms with van der Waals surface area (Å²) >= 11 is 0. The third-order valence-corrected chi connectivity index (χ3v) is 2.72. The van der Waals surface area contributed by atoms with Crippen LogP contribution in [0.25, 0.3) is 0 Å². The van der Waals surface area contributed by atoms with Crippen LogP contribution in [-0.4, -0.2) is 25.3 Å². The molecule has 0 bridgehead atoms. The van der Waals surface area contributed by atoms with E-state index >= 15 is 0 Å². The van der Waals surface area contributed by atoms with Crippen molar-refractivity contribution in [3.63, 3.8) is 0 Å². The molecule has 1 atom stereocenters. The Balaban J connectivity index is 3.26. The van der Waals surface area contributed by atoms with Gasteiger partial charge in [0.05, 0.1) is 13.2 Å². The van der Waals surface area contributed by atoms with Crippen molar-refractivity contribution in [3.05, 3.63) is 49.1 Å². The molecule has 0 radical (unpaired) electrons. The third kappa shape index (κ3) is 3.14. The molecule has 0 aliphatic rings. The van der Waals surface area contributed by atoms with Crippen molar-refractivity contribution < 1.29 is 9.84 Å². The lowest BCUT2D eigenvalue weighted by Crippen LogP contribution is -2.25. The Morgan fingerprint density at radius 2 is 1.94 bits per heavy atom. The molecule has 3 nitrogen and oxygen atoms in total. The summed E-state index contributed by atoms with van der Waals surface area (Å²) < 4.78 is 5.32. The molecule has 3 heteroatoms. The summed E-state index contributed by atoms with van der Waals surface area (Å²) in [6.07, 6.45) is 3.07. The van der Waals surface area contributed by atoms with E-state index in [9.17, 15) is 5.11 Å². The topological polar surface area (TPSA) is 32.7 Å². The van der Waals surface area contributed by atoms with E-state index in [1.807, 2.05) is 30.4 Å². The molecule has 1 N–H and O–H groups in total. The van der Waals surface area contributed by atoms with E-state index in [-0.39, 0.29) is 0 Å². The maximum Gasteiger partial charge on any atom is 0.126 e. The molecule has 1 aromatic rings. The summed E-state index contributed by atoms with van der Waals surface area (Å²) in [5.74, 6) is 0.695. The molecule has 0 aliphatic carbocycles. The van der Waals surface area contributed by atoms with Crippen LogP contribution >= 0.6 is 0 Å². The minimum Gasteiger partial charge on any atom is -0.496 e. The van der Waals surface area contributed by atoms with E-state index < -0.39 is 6.10 Å². The van der Waals surface area contributed by atoms with Gasteiger partial charge in [-0.2, -0.15) is 0 Å². The first-order chi connectivity index (χ1) is 8.65. The van der Waals surface area contributed by atoms with Gasteiger partial charge in [-0.3, -0.25) is 0 Å². The van der Waals surface area contributed by atoms with E-state index in [1.165, 1.54) is 0 Å². The number of aliphatic hydroxyl groups is 1. The van der Waals surface area contributed by atoms with Crippen LogP contribution in [0.4, 0.5) is 5.69 Å². The maximum absolute atomic E-state index is 9.94. The monoisotopic (exact) mass is 247 g/mol. The van der Waals surface area contributed by atoms with Crippen LogP contribution in [0.1, 0.15) is 18.6 Å². The lowest BCUT2D eigenvalue weighted by Gasteiger charge is -2.26. The number of methoxy groups -OCH3 is 1. The number of hydrogen-bond donors (Lipinski definition) is 1. The molecule has 0 aliphatic heterocycles. The second-order valence-electron chi connectivity index (χ2n) is 4.05. The molecule has 1 rings (SSSR count). The first-order valence-electron chi connectivity index (χ1n) is 5.97. The van der Waals surface area contributed by atoms with Crippen LogP contribution in [-0.2, 0) is 0 Å². The Hall–Kier alpha value is -1.74. The van der Waals surface area contributed by atoms with Gasteiger partial charge in [-0.1, -0.05) is 18.2 Å². The first-order valence-corrected chi connectivity index (χ1v) is 5.97. The molecule has 0 saturated heterocycles. The van der Waals surface area contributed by atoms with E-state index in [0.717, 1.165) is 11.3 Å². The largest absolute Gasteiger partial charge is 0.496 e. The summed E-state index contributed by atoms with van der Waals surface area (Å²) in [5.41, 5.74) is 1.74. The van der Waals surface area contributed by atoms with Crippen LogP contribution in [0.15, 0.2) is 43.5 Å². The number of rotatable bonds is 7. The molecule has 0 aromatic heterocycles. The van der Waals surface area contributed by atoms with E-state index in [1.54, 1.807) is 14.0 Å². The molecule has 0 fully saturated rings. The summed E-state index contributed by atoms with van der Waals surface area (Å²) in [6.45, 7) is 10.6. The van der Waals surface area contributed by atoms with Crippen molar-refractivity contribution in [2.75, 3.05) is 25.1 Å². The Bertz CT molecular complexity index is 403. The van der Waals surface area contributed by atoms with Gasteiger partial charge < -0.3 is 14.7 Å². The van der Waals surface area contributed by atoms with Crippen molar-refractivity contribution in [2.24, 2.45) is 0 Å². The van der Waals surface area contributed by atoms with Gasteiger partial charge in [-0.15, -0.1) is 13.2 Å².